The molecule has 29 heavy (non-hydrogen) atoms. The van der Waals surface area contributed by atoms with E-state index in [0.29, 0.717) is 37.3 Å². The largest absolute Gasteiger partial charge is 0.339 e. The maximum atomic E-state index is 13.0. The fourth-order valence-electron chi connectivity index (χ4n) is 3.38. The summed E-state index contributed by atoms with van der Waals surface area (Å²) in [5.41, 5.74) is 2.24. The van der Waals surface area contributed by atoms with E-state index in [1.54, 1.807) is 9.80 Å². The van der Waals surface area contributed by atoms with Crippen molar-refractivity contribution in [3.8, 4) is 0 Å². The maximum absolute atomic E-state index is 13.0. The molecule has 6 heteroatoms. The number of benzene rings is 2. The molecule has 2 aromatic carbocycles. The first-order chi connectivity index (χ1) is 14.0. The minimum absolute atomic E-state index is 0.0360. The van der Waals surface area contributed by atoms with Crippen LogP contribution in [-0.2, 0) is 11.2 Å². The predicted molar refractivity (Wildman–Crippen MR) is 108 cm³/mol. The molecule has 2 amide bonds. The number of carbonyl (C=O) groups is 3. The van der Waals surface area contributed by atoms with Crippen LogP contribution in [0.25, 0.3) is 0 Å². The van der Waals surface area contributed by atoms with Gasteiger partial charge in [0.15, 0.2) is 5.78 Å². The Kier molecular flexibility index (Phi) is 6.75. The lowest BCUT2D eigenvalue weighted by Crippen LogP contribution is -2.50. The van der Waals surface area contributed by atoms with Crippen molar-refractivity contribution >= 4 is 17.6 Å². The first kappa shape index (κ1) is 20.7. The maximum Gasteiger partial charge on any atom is 0.253 e. The molecule has 0 saturated carbocycles. The van der Waals surface area contributed by atoms with Gasteiger partial charge in [-0.05, 0) is 36.2 Å². The molecule has 0 radical (unpaired) electrons. The van der Waals surface area contributed by atoms with Gasteiger partial charge >= 0.3 is 0 Å². The number of ketones is 1. The van der Waals surface area contributed by atoms with Gasteiger partial charge in [0, 0.05) is 50.1 Å². The van der Waals surface area contributed by atoms with Gasteiger partial charge in [-0.2, -0.15) is 0 Å². The molecular formula is C23H25FN2O3. The van der Waals surface area contributed by atoms with Crippen molar-refractivity contribution in [1.29, 1.82) is 0 Å². The summed E-state index contributed by atoms with van der Waals surface area (Å²) < 4.78 is 13.0. The SMILES string of the molecule is CCc1ccc(C(=O)CCC(=O)N2CCN(C(=O)c3ccc(F)cc3)CC2)cc1. The summed E-state index contributed by atoms with van der Waals surface area (Å²) in [6.45, 7) is 3.78. The van der Waals surface area contributed by atoms with Crippen molar-refractivity contribution in [2.45, 2.75) is 26.2 Å². The number of hydrogen-bond acceptors (Lipinski definition) is 3. The normalized spacial score (nSPS) is 14.0. The van der Waals surface area contributed by atoms with Crippen molar-refractivity contribution in [2.75, 3.05) is 26.2 Å². The molecule has 0 atom stereocenters. The van der Waals surface area contributed by atoms with E-state index in [1.165, 1.54) is 29.8 Å². The number of halogens is 1. The van der Waals surface area contributed by atoms with Crippen molar-refractivity contribution in [1.82, 2.24) is 9.80 Å². The van der Waals surface area contributed by atoms with E-state index < -0.39 is 0 Å². The molecule has 1 heterocycles. The molecule has 152 valence electrons. The minimum Gasteiger partial charge on any atom is -0.339 e. The van der Waals surface area contributed by atoms with Crippen molar-refractivity contribution < 1.29 is 18.8 Å². The topological polar surface area (TPSA) is 57.7 Å². The molecule has 1 saturated heterocycles. The number of rotatable bonds is 6. The summed E-state index contributed by atoms with van der Waals surface area (Å²) >= 11 is 0. The monoisotopic (exact) mass is 396 g/mol. The van der Waals surface area contributed by atoms with E-state index in [4.69, 9.17) is 0 Å². The van der Waals surface area contributed by atoms with E-state index in [-0.39, 0.29) is 36.3 Å². The van der Waals surface area contributed by atoms with Crippen LogP contribution < -0.4 is 0 Å². The molecule has 0 bridgehead atoms. The molecule has 1 aliphatic heterocycles. The van der Waals surface area contributed by atoms with Gasteiger partial charge in [-0.3, -0.25) is 14.4 Å². The lowest BCUT2D eigenvalue weighted by Gasteiger charge is -2.35. The van der Waals surface area contributed by atoms with Crippen LogP contribution in [0.2, 0.25) is 0 Å². The quantitative estimate of drug-likeness (QED) is 0.704. The highest BCUT2D eigenvalue weighted by molar-refractivity contribution is 5.98. The third-order valence-corrected chi connectivity index (χ3v) is 5.26. The smallest absolute Gasteiger partial charge is 0.253 e. The Balaban J connectivity index is 1.46. The predicted octanol–water partition coefficient (Wildman–Crippen LogP) is 3.34. The summed E-state index contributed by atoms with van der Waals surface area (Å²) in [4.78, 5) is 40.6. The van der Waals surface area contributed by atoms with Crippen LogP contribution in [0.5, 0.6) is 0 Å². The molecule has 1 fully saturated rings. The Bertz CT molecular complexity index is 870. The first-order valence-electron chi connectivity index (χ1n) is 9.92. The van der Waals surface area contributed by atoms with Gasteiger partial charge in [0.2, 0.25) is 5.91 Å². The summed E-state index contributed by atoms with van der Waals surface area (Å²) in [5.74, 6) is -0.654. The van der Waals surface area contributed by atoms with Crippen LogP contribution in [0, 0.1) is 5.82 Å². The van der Waals surface area contributed by atoms with Crippen molar-refractivity contribution in [2.24, 2.45) is 0 Å². The number of aryl methyl sites for hydroxylation is 1. The van der Waals surface area contributed by atoms with E-state index in [2.05, 4.69) is 6.92 Å². The average Bonchev–Trinajstić information content (AvgIpc) is 2.77. The number of amides is 2. The van der Waals surface area contributed by atoms with Gasteiger partial charge in [-0.1, -0.05) is 31.2 Å². The zero-order chi connectivity index (χ0) is 20.8. The van der Waals surface area contributed by atoms with Crippen LogP contribution in [0.15, 0.2) is 48.5 Å². The second-order valence-corrected chi connectivity index (χ2v) is 7.15. The molecule has 3 rings (SSSR count). The summed E-state index contributed by atoms with van der Waals surface area (Å²) in [6, 6.07) is 13.0. The van der Waals surface area contributed by atoms with Crippen molar-refractivity contribution in [3.05, 3.63) is 71.0 Å². The van der Waals surface area contributed by atoms with Gasteiger partial charge in [0.1, 0.15) is 5.82 Å². The highest BCUT2D eigenvalue weighted by atomic mass is 19.1. The Morgan fingerprint density at radius 2 is 1.34 bits per heavy atom. The van der Waals surface area contributed by atoms with Crippen molar-refractivity contribution in [3.63, 3.8) is 0 Å². The van der Waals surface area contributed by atoms with Gasteiger partial charge < -0.3 is 9.80 Å². The number of carbonyl (C=O) groups excluding carboxylic acids is 3. The number of nitrogens with zero attached hydrogens (tertiary/aromatic N) is 2. The highest BCUT2D eigenvalue weighted by Crippen LogP contribution is 2.13. The van der Waals surface area contributed by atoms with Crippen LogP contribution >= 0.6 is 0 Å². The molecule has 0 N–H and O–H groups in total. The van der Waals surface area contributed by atoms with Gasteiger partial charge in [0.25, 0.3) is 5.91 Å². The van der Waals surface area contributed by atoms with E-state index in [1.807, 2.05) is 24.3 Å². The second-order valence-electron chi connectivity index (χ2n) is 7.15. The second kappa shape index (κ2) is 9.45. The lowest BCUT2D eigenvalue weighted by atomic mass is 10.0. The lowest BCUT2D eigenvalue weighted by molar-refractivity contribution is -0.132. The number of Topliss-reactive ketones (excluding diaryl/α,β-unsaturated/α-hetero) is 1. The summed E-state index contributed by atoms with van der Waals surface area (Å²) in [6.07, 6.45) is 1.27. The average molecular weight is 396 g/mol. The first-order valence-corrected chi connectivity index (χ1v) is 9.92. The van der Waals surface area contributed by atoms with Crippen LogP contribution in [0.4, 0.5) is 4.39 Å². The third kappa shape index (κ3) is 5.28. The molecule has 2 aromatic rings. The van der Waals surface area contributed by atoms with Crippen LogP contribution in [0.3, 0.4) is 0 Å². The molecule has 0 aromatic heterocycles. The zero-order valence-corrected chi connectivity index (χ0v) is 16.6. The molecule has 0 unspecified atom stereocenters. The molecular weight excluding hydrogens is 371 g/mol. The number of hydrogen-bond donors (Lipinski definition) is 0. The van der Waals surface area contributed by atoms with E-state index in [0.717, 1.165) is 6.42 Å². The standard InChI is InChI=1S/C23H25FN2O3/c1-2-17-3-5-18(6-4-17)21(27)11-12-22(28)25-13-15-26(16-14-25)23(29)19-7-9-20(24)10-8-19/h3-10H,2,11-16H2,1H3. The molecule has 1 aliphatic rings. The molecule has 0 spiro atoms. The Morgan fingerprint density at radius 3 is 1.93 bits per heavy atom. The molecule has 5 nitrogen and oxygen atoms in total. The van der Waals surface area contributed by atoms with Gasteiger partial charge in [-0.15, -0.1) is 0 Å². The Hall–Kier alpha value is -3.02. The van der Waals surface area contributed by atoms with E-state index in [9.17, 15) is 18.8 Å². The van der Waals surface area contributed by atoms with E-state index >= 15 is 0 Å². The van der Waals surface area contributed by atoms with Crippen LogP contribution in [-0.4, -0.2) is 53.6 Å². The summed E-state index contributed by atoms with van der Waals surface area (Å²) in [5, 5.41) is 0. The fraction of sp³-hybridized carbons (Fsp3) is 0.348. The minimum atomic E-state index is -0.382. The van der Waals surface area contributed by atoms with Crippen LogP contribution in [0.1, 0.15) is 46.0 Å². The Morgan fingerprint density at radius 1 is 0.793 bits per heavy atom. The highest BCUT2D eigenvalue weighted by Gasteiger charge is 2.25. The number of piperazine rings is 1. The van der Waals surface area contributed by atoms with Gasteiger partial charge in [-0.25, -0.2) is 4.39 Å². The third-order valence-electron chi connectivity index (χ3n) is 5.26. The zero-order valence-electron chi connectivity index (χ0n) is 16.6. The van der Waals surface area contributed by atoms with Gasteiger partial charge in [0.05, 0.1) is 0 Å². The Labute approximate surface area is 170 Å². The molecule has 0 aliphatic carbocycles. The summed E-state index contributed by atoms with van der Waals surface area (Å²) in [7, 11) is 0. The fourth-order valence-corrected chi connectivity index (χ4v) is 3.38.